The number of fused-ring (bicyclic) bond motifs is 2. The molecule has 0 aromatic heterocycles. The molecular weight excluding hydrogens is 334 g/mol. The first kappa shape index (κ1) is 15.6. The van der Waals surface area contributed by atoms with E-state index in [4.69, 9.17) is 11.6 Å². The molecule has 0 amide bonds. The number of phenols is 2. The van der Waals surface area contributed by atoms with E-state index in [-0.39, 0.29) is 11.5 Å². The van der Waals surface area contributed by atoms with Crippen molar-refractivity contribution in [2.45, 2.75) is 11.3 Å². The Labute approximate surface area is 150 Å². The molecule has 0 aliphatic heterocycles. The van der Waals surface area contributed by atoms with Crippen molar-refractivity contribution >= 4 is 28.4 Å². The van der Waals surface area contributed by atoms with Crippen molar-refractivity contribution in [3.8, 4) is 28.7 Å². The zero-order valence-electron chi connectivity index (χ0n) is 13.2. The van der Waals surface area contributed by atoms with Crippen molar-refractivity contribution in [1.82, 2.24) is 0 Å². The van der Waals surface area contributed by atoms with Gasteiger partial charge in [0.05, 0.1) is 6.07 Å². The van der Waals surface area contributed by atoms with E-state index >= 15 is 0 Å². The van der Waals surface area contributed by atoms with Crippen LogP contribution in [0.1, 0.15) is 11.1 Å². The van der Waals surface area contributed by atoms with Crippen molar-refractivity contribution in [3.63, 3.8) is 0 Å². The lowest BCUT2D eigenvalue weighted by molar-refractivity contribution is 0.469. The largest absolute Gasteiger partial charge is 0.507 e. The van der Waals surface area contributed by atoms with E-state index < -0.39 is 4.87 Å². The number of nitrogens with zero attached hydrogens (tertiary/aromatic N) is 1. The Morgan fingerprint density at radius 1 is 0.960 bits per heavy atom. The topological polar surface area (TPSA) is 64.2 Å². The predicted molar refractivity (Wildman–Crippen MR) is 99.6 cm³/mol. The average molecular weight is 348 g/mol. The third-order valence-corrected chi connectivity index (χ3v) is 4.96. The maximum Gasteiger partial charge on any atom is 0.153 e. The van der Waals surface area contributed by atoms with Gasteiger partial charge in [0.2, 0.25) is 0 Å². The number of hydrogen-bond donors (Lipinski definition) is 2. The molecule has 2 N–H and O–H groups in total. The van der Waals surface area contributed by atoms with Crippen molar-refractivity contribution in [2.24, 2.45) is 0 Å². The van der Waals surface area contributed by atoms with Crippen LogP contribution in [0.2, 0.25) is 0 Å². The number of halogens is 1. The standard InChI is InChI=1S/C21H14ClNO2/c22-21(12-23)10-9-16-14(11-21)6-8-18(25)20(16)19-15-4-2-1-3-13(15)5-7-17(19)24/h1-10,24-25H,11H2. The van der Waals surface area contributed by atoms with Crippen LogP contribution in [-0.4, -0.2) is 15.1 Å². The highest BCUT2D eigenvalue weighted by Gasteiger charge is 2.30. The second-order valence-electron chi connectivity index (χ2n) is 6.20. The summed E-state index contributed by atoms with van der Waals surface area (Å²) in [4.78, 5) is -1.08. The van der Waals surface area contributed by atoms with Crippen LogP contribution in [0.15, 0.2) is 54.6 Å². The van der Waals surface area contributed by atoms with Crippen LogP contribution in [0.5, 0.6) is 11.5 Å². The molecule has 0 saturated heterocycles. The first-order valence-corrected chi connectivity index (χ1v) is 8.25. The average Bonchev–Trinajstić information content (AvgIpc) is 2.63. The molecule has 3 nitrogen and oxygen atoms in total. The van der Waals surface area contributed by atoms with Gasteiger partial charge in [-0.3, -0.25) is 0 Å². The summed E-state index contributed by atoms with van der Waals surface area (Å²) in [6.07, 6.45) is 3.74. The van der Waals surface area contributed by atoms with Gasteiger partial charge in [-0.25, -0.2) is 0 Å². The normalized spacial score (nSPS) is 18.7. The van der Waals surface area contributed by atoms with Crippen LogP contribution in [0.3, 0.4) is 0 Å². The van der Waals surface area contributed by atoms with E-state index in [0.29, 0.717) is 17.5 Å². The highest BCUT2D eigenvalue weighted by atomic mass is 35.5. The number of aromatic hydroxyl groups is 2. The molecule has 0 spiro atoms. The summed E-state index contributed by atoms with van der Waals surface area (Å²) in [5.74, 6) is 0.174. The zero-order chi connectivity index (χ0) is 17.6. The summed E-state index contributed by atoms with van der Waals surface area (Å²) in [6, 6.07) is 16.6. The van der Waals surface area contributed by atoms with Gasteiger partial charge in [-0.05, 0) is 40.1 Å². The van der Waals surface area contributed by atoms with Gasteiger partial charge in [0.15, 0.2) is 4.87 Å². The fourth-order valence-corrected chi connectivity index (χ4v) is 3.62. The van der Waals surface area contributed by atoms with Crippen LogP contribution in [0.25, 0.3) is 28.0 Å². The van der Waals surface area contributed by atoms with E-state index in [1.54, 1.807) is 30.4 Å². The molecule has 0 saturated carbocycles. The number of phenolic OH excluding ortho intramolecular Hbond substituents is 2. The molecule has 0 bridgehead atoms. The Morgan fingerprint density at radius 3 is 2.48 bits per heavy atom. The van der Waals surface area contributed by atoms with Gasteiger partial charge in [-0.15, -0.1) is 0 Å². The number of allylic oxidation sites excluding steroid dienone is 1. The number of benzene rings is 3. The van der Waals surface area contributed by atoms with Crippen LogP contribution < -0.4 is 0 Å². The van der Waals surface area contributed by atoms with Gasteiger partial charge in [0, 0.05) is 17.5 Å². The molecule has 0 radical (unpaired) electrons. The predicted octanol–water partition coefficient (Wildman–Crippen LogP) is 4.99. The lowest BCUT2D eigenvalue weighted by atomic mass is 9.83. The first-order chi connectivity index (χ1) is 12.0. The van der Waals surface area contributed by atoms with Crippen LogP contribution in [0.4, 0.5) is 0 Å². The summed E-state index contributed by atoms with van der Waals surface area (Å²) in [6.45, 7) is 0. The third-order valence-electron chi connectivity index (χ3n) is 4.62. The van der Waals surface area contributed by atoms with Crippen LogP contribution in [0, 0.1) is 11.3 Å². The van der Waals surface area contributed by atoms with Gasteiger partial charge >= 0.3 is 0 Å². The summed E-state index contributed by atoms with van der Waals surface area (Å²) in [5, 5.41) is 32.2. The van der Waals surface area contributed by atoms with E-state index in [2.05, 4.69) is 6.07 Å². The van der Waals surface area contributed by atoms with Crippen molar-refractivity contribution in [2.75, 3.05) is 0 Å². The Bertz CT molecular complexity index is 1080. The second-order valence-corrected chi connectivity index (χ2v) is 6.87. The van der Waals surface area contributed by atoms with Gasteiger partial charge < -0.3 is 10.2 Å². The lowest BCUT2D eigenvalue weighted by Crippen LogP contribution is -2.22. The van der Waals surface area contributed by atoms with Gasteiger partial charge in [0.25, 0.3) is 0 Å². The highest BCUT2D eigenvalue weighted by molar-refractivity contribution is 6.28. The van der Waals surface area contributed by atoms with E-state index in [0.717, 1.165) is 21.9 Å². The SMILES string of the molecule is N#CC1(Cl)C=Cc2c(ccc(O)c2-c2c(O)ccc3ccccc23)C1. The number of rotatable bonds is 1. The van der Waals surface area contributed by atoms with Crippen molar-refractivity contribution in [3.05, 3.63) is 65.7 Å². The first-order valence-electron chi connectivity index (χ1n) is 7.88. The maximum atomic E-state index is 10.5. The van der Waals surface area contributed by atoms with Crippen molar-refractivity contribution < 1.29 is 10.2 Å². The Morgan fingerprint density at radius 2 is 1.68 bits per heavy atom. The Kier molecular flexibility index (Phi) is 3.45. The minimum Gasteiger partial charge on any atom is -0.507 e. The molecule has 122 valence electrons. The molecule has 4 rings (SSSR count). The molecule has 3 aromatic carbocycles. The van der Waals surface area contributed by atoms with Gasteiger partial charge in [-0.2, -0.15) is 5.26 Å². The van der Waals surface area contributed by atoms with E-state index in [1.807, 2.05) is 30.3 Å². The number of hydrogen-bond acceptors (Lipinski definition) is 3. The molecule has 1 aliphatic rings. The molecule has 1 unspecified atom stereocenters. The molecule has 1 aliphatic carbocycles. The Hall–Kier alpha value is -2.96. The van der Waals surface area contributed by atoms with Gasteiger partial charge in [-0.1, -0.05) is 54.1 Å². The molecule has 1 atom stereocenters. The van der Waals surface area contributed by atoms with E-state index in [9.17, 15) is 15.5 Å². The lowest BCUT2D eigenvalue weighted by Gasteiger charge is -2.24. The molecular formula is C21H14ClNO2. The second kappa shape index (κ2) is 5.54. The summed E-state index contributed by atoms with van der Waals surface area (Å²) in [5.41, 5.74) is 2.77. The fraction of sp³-hybridized carbons (Fsp3) is 0.0952. The summed E-state index contributed by atoms with van der Waals surface area (Å²) < 4.78 is 0. The van der Waals surface area contributed by atoms with Crippen LogP contribution >= 0.6 is 11.6 Å². The smallest absolute Gasteiger partial charge is 0.153 e. The third kappa shape index (κ3) is 2.43. The summed E-state index contributed by atoms with van der Waals surface area (Å²) >= 11 is 6.29. The highest BCUT2D eigenvalue weighted by Crippen LogP contribution is 2.46. The van der Waals surface area contributed by atoms with Crippen molar-refractivity contribution in [1.29, 1.82) is 5.26 Å². The minimum absolute atomic E-state index is 0.0779. The zero-order valence-corrected chi connectivity index (χ0v) is 14.0. The number of nitriles is 1. The minimum atomic E-state index is -1.08. The quantitative estimate of drug-likeness (QED) is 0.609. The molecule has 0 heterocycles. The fourth-order valence-electron chi connectivity index (χ4n) is 3.41. The van der Waals surface area contributed by atoms with Gasteiger partial charge in [0.1, 0.15) is 11.5 Å². The molecule has 4 heteroatoms. The van der Waals surface area contributed by atoms with Crippen LogP contribution in [-0.2, 0) is 6.42 Å². The van der Waals surface area contributed by atoms with E-state index in [1.165, 1.54) is 0 Å². The maximum absolute atomic E-state index is 10.5. The molecule has 3 aromatic rings. The summed E-state index contributed by atoms with van der Waals surface area (Å²) in [7, 11) is 0. The molecule has 0 fully saturated rings. The molecule has 25 heavy (non-hydrogen) atoms. The monoisotopic (exact) mass is 347 g/mol. The number of alkyl halides is 1. The Balaban J connectivity index is 2.06.